The SMILES string of the molecule is COC(=O)c1ccc(/C=N\n2c(-n3nc(C)cc3C)n[nH]c2=S)cc1. The predicted molar refractivity (Wildman–Crippen MR) is 94.8 cm³/mol. The molecule has 1 N–H and O–H groups in total. The standard InChI is InChI=1S/C16H16N6O2S/c1-10-8-11(2)21(20-10)15-18-19-16(25)22(15)17-9-12-4-6-13(7-5-12)14(23)24-3/h4-9H,1-3H3,(H,19,25)/b17-9-. The van der Waals surface area contributed by atoms with E-state index in [2.05, 4.69) is 25.1 Å². The van der Waals surface area contributed by atoms with Crippen LogP contribution in [0.4, 0.5) is 0 Å². The van der Waals surface area contributed by atoms with E-state index in [9.17, 15) is 4.79 Å². The summed E-state index contributed by atoms with van der Waals surface area (Å²) >= 11 is 5.24. The molecule has 0 spiro atoms. The van der Waals surface area contributed by atoms with Crippen LogP contribution in [-0.2, 0) is 4.74 Å². The maximum absolute atomic E-state index is 11.5. The lowest BCUT2D eigenvalue weighted by Gasteiger charge is -2.03. The smallest absolute Gasteiger partial charge is 0.337 e. The highest BCUT2D eigenvalue weighted by Gasteiger charge is 2.11. The number of aromatic nitrogens is 5. The molecule has 0 amide bonds. The number of methoxy groups -OCH3 is 1. The van der Waals surface area contributed by atoms with Crippen LogP contribution in [0.2, 0.25) is 0 Å². The van der Waals surface area contributed by atoms with Gasteiger partial charge in [-0.05, 0) is 49.8 Å². The fourth-order valence-electron chi connectivity index (χ4n) is 2.30. The quantitative estimate of drug-likeness (QED) is 0.440. The van der Waals surface area contributed by atoms with Crippen LogP contribution in [0.25, 0.3) is 5.95 Å². The first-order valence-electron chi connectivity index (χ1n) is 7.43. The maximum atomic E-state index is 11.5. The van der Waals surface area contributed by atoms with Gasteiger partial charge in [0.15, 0.2) is 0 Å². The summed E-state index contributed by atoms with van der Waals surface area (Å²) in [6.45, 7) is 3.83. The minimum absolute atomic E-state index is 0.352. The first-order chi connectivity index (χ1) is 12.0. The molecule has 0 aliphatic rings. The second-order valence-electron chi connectivity index (χ2n) is 5.34. The van der Waals surface area contributed by atoms with Gasteiger partial charge in [0.05, 0.1) is 24.6 Å². The van der Waals surface area contributed by atoms with Crippen LogP contribution in [0.5, 0.6) is 0 Å². The number of benzene rings is 1. The Hall–Kier alpha value is -3.07. The van der Waals surface area contributed by atoms with Crippen molar-refractivity contribution in [1.29, 1.82) is 0 Å². The molecule has 0 saturated carbocycles. The van der Waals surface area contributed by atoms with Gasteiger partial charge in [-0.2, -0.15) is 14.9 Å². The van der Waals surface area contributed by atoms with Crippen molar-refractivity contribution in [3.05, 3.63) is 57.6 Å². The van der Waals surface area contributed by atoms with Gasteiger partial charge in [0.25, 0.3) is 5.95 Å². The Bertz CT molecular complexity index is 997. The first kappa shape index (κ1) is 16.8. The third kappa shape index (κ3) is 3.41. The molecule has 2 heterocycles. The van der Waals surface area contributed by atoms with E-state index in [0.717, 1.165) is 17.0 Å². The second-order valence-corrected chi connectivity index (χ2v) is 5.72. The Morgan fingerprint density at radius 2 is 2.04 bits per heavy atom. The monoisotopic (exact) mass is 356 g/mol. The van der Waals surface area contributed by atoms with Crippen LogP contribution in [0.15, 0.2) is 35.4 Å². The molecule has 2 aromatic heterocycles. The van der Waals surface area contributed by atoms with Gasteiger partial charge in [0.1, 0.15) is 0 Å². The van der Waals surface area contributed by atoms with E-state index in [0.29, 0.717) is 16.3 Å². The van der Waals surface area contributed by atoms with Crippen LogP contribution in [-0.4, -0.2) is 43.9 Å². The Kier molecular flexibility index (Phi) is 4.57. The molecule has 3 rings (SSSR count). The number of H-pyrrole nitrogens is 1. The topological polar surface area (TPSA) is 90.1 Å². The van der Waals surface area contributed by atoms with Crippen molar-refractivity contribution in [2.24, 2.45) is 5.10 Å². The molecule has 0 bridgehead atoms. The van der Waals surface area contributed by atoms with Crippen molar-refractivity contribution in [2.45, 2.75) is 13.8 Å². The lowest BCUT2D eigenvalue weighted by atomic mass is 10.1. The van der Waals surface area contributed by atoms with E-state index in [1.807, 2.05) is 19.9 Å². The van der Waals surface area contributed by atoms with Gasteiger partial charge in [-0.15, -0.1) is 5.10 Å². The van der Waals surface area contributed by atoms with Crippen molar-refractivity contribution in [2.75, 3.05) is 7.11 Å². The lowest BCUT2D eigenvalue weighted by molar-refractivity contribution is 0.0600. The lowest BCUT2D eigenvalue weighted by Crippen LogP contribution is -2.07. The number of ether oxygens (including phenoxy) is 1. The van der Waals surface area contributed by atoms with Crippen molar-refractivity contribution >= 4 is 24.4 Å². The number of hydrogen-bond donors (Lipinski definition) is 1. The van der Waals surface area contributed by atoms with Gasteiger partial charge < -0.3 is 4.74 Å². The number of aryl methyl sites for hydroxylation is 2. The Morgan fingerprint density at radius 1 is 1.32 bits per heavy atom. The Balaban J connectivity index is 1.92. The van der Waals surface area contributed by atoms with Gasteiger partial charge in [-0.3, -0.25) is 0 Å². The summed E-state index contributed by atoms with van der Waals surface area (Å²) in [4.78, 5) is 11.5. The minimum Gasteiger partial charge on any atom is -0.465 e. The van der Waals surface area contributed by atoms with Crippen LogP contribution in [0.3, 0.4) is 0 Å². The molecule has 25 heavy (non-hydrogen) atoms. The van der Waals surface area contributed by atoms with Crippen LogP contribution in [0.1, 0.15) is 27.3 Å². The predicted octanol–water partition coefficient (Wildman–Crippen LogP) is 2.41. The van der Waals surface area contributed by atoms with Gasteiger partial charge in [0.2, 0.25) is 4.77 Å². The van der Waals surface area contributed by atoms with Gasteiger partial charge >= 0.3 is 5.97 Å². The van der Waals surface area contributed by atoms with Crippen LogP contribution < -0.4 is 0 Å². The minimum atomic E-state index is -0.382. The number of rotatable bonds is 4. The van der Waals surface area contributed by atoms with E-state index in [1.165, 1.54) is 11.8 Å². The number of carbonyl (C=O) groups is 1. The van der Waals surface area contributed by atoms with Gasteiger partial charge in [-0.25, -0.2) is 14.6 Å². The highest BCUT2D eigenvalue weighted by Crippen LogP contribution is 2.10. The summed E-state index contributed by atoms with van der Waals surface area (Å²) < 4.78 is 8.18. The highest BCUT2D eigenvalue weighted by atomic mass is 32.1. The molecule has 9 heteroatoms. The van der Waals surface area contributed by atoms with Crippen LogP contribution >= 0.6 is 12.2 Å². The highest BCUT2D eigenvalue weighted by molar-refractivity contribution is 7.71. The molecule has 0 atom stereocenters. The Morgan fingerprint density at radius 3 is 2.64 bits per heavy atom. The number of aromatic amines is 1. The van der Waals surface area contributed by atoms with E-state index >= 15 is 0 Å². The van der Waals surface area contributed by atoms with Crippen molar-refractivity contribution in [3.63, 3.8) is 0 Å². The zero-order chi connectivity index (χ0) is 18.0. The molecule has 1 aromatic carbocycles. The second kappa shape index (κ2) is 6.81. The van der Waals surface area contributed by atoms with Crippen LogP contribution in [0, 0.1) is 18.6 Å². The molecule has 0 aliphatic carbocycles. The number of nitrogens with zero attached hydrogens (tertiary/aromatic N) is 5. The molecule has 0 unspecified atom stereocenters. The molecule has 0 radical (unpaired) electrons. The summed E-state index contributed by atoms with van der Waals surface area (Å²) in [6.07, 6.45) is 1.63. The van der Waals surface area contributed by atoms with E-state index < -0.39 is 0 Å². The number of hydrogen-bond acceptors (Lipinski definition) is 6. The fraction of sp³-hybridized carbons (Fsp3) is 0.188. The van der Waals surface area contributed by atoms with Crippen molar-refractivity contribution in [3.8, 4) is 5.95 Å². The van der Waals surface area contributed by atoms with Gasteiger partial charge in [-0.1, -0.05) is 12.1 Å². The summed E-state index contributed by atoms with van der Waals surface area (Å²) in [6, 6.07) is 8.82. The van der Waals surface area contributed by atoms with E-state index in [-0.39, 0.29) is 5.97 Å². The zero-order valence-electron chi connectivity index (χ0n) is 13.9. The largest absolute Gasteiger partial charge is 0.465 e. The third-order valence-corrected chi connectivity index (χ3v) is 3.75. The van der Waals surface area contributed by atoms with E-state index in [4.69, 9.17) is 12.2 Å². The fourth-order valence-corrected chi connectivity index (χ4v) is 2.48. The number of carbonyl (C=O) groups excluding carboxylic acids is 1. The molecular formula is C16H16N6O2S. The average Bonchev–Trinajstić information content (AvgIpc) is 3.14. The molecule has 0 saturated heterocycles. The summed E-state index contributed by atoms with van der Waals surface area (Å²) in [5, 5.41) is 15.7. The first-order valence-corrected chi connectivity index (χ1v) is 7.84. The van der Waals surface area contributed by atoms with E-state index in [1.54, 1.807) is 35.2 Å². The number of esters is 1. The molecular weight excluding hydrogens is 340 g/mol. The molecule has 8 nitrogen and oxygen atoms in total. The summed E-state index contributed by atoms with van der Waals surface area (Å²) in [7, 11) is 1.35. The average molecular weight is 356 g/mol. The summed E-state index contributed by atoms with van der Waals surface area (Å²) in [5.74, 6) is 0.0883. The maximum Gasteiger partial charge on any atom is 0.337 e. The third-order valence-electron chi connectivity index (χ3n) is 3.49. The summed E-state index contributed by atoms with van der Waals surface area (Å²) in [5.41, 5.74) is 3.07. The molecule has 3 aromatic rings. The zero-order valence-corrected chi connectivity index (χ0v) is 14.7. The molecule has 0 fully saturated rings. The molecule has 0 aliphatic heterocycles. The Labute approximate surface area is 148 Å². The van der Waals surface area contributed by atoms with Gasteiger partial charge in [0, 0.05) is 5.69 Å². The van der Waals surface area contributed by atoms with Crippen molar-refractivity contribution in [1.82, 2.24) is 24.7 Å². The normalized spacial score (nSPS) is 11.2. The number of nitrogens with one attached hydrogen (secondary N) is 1. The van der Waals surface area contributed by atoms with Crippen molar-refractivity contribution < 1.29 is 9.53 Å². The molecule has 128 valence electrons.